The van der Waals surface area contributed by atoms with Crippen LogP contribution in [0.25, 0.3) is 0 Å². The van der Waals surface area contributed by atoms with E-state index in [1.165, 1.54) is 17.8 Å². The molecule has 0 unspecified atom stereocenters. The number of benzene rings is 1. The third-order valence-electron chi connectivity index (χ3n) is 4.73. The van der Waals surface area contributed by atoms with Gasteiger partial charge in [-0.15, -0.1) is 23.1 Å². The van der Waals surface area contributed by atoms with Crippen molar-refractivity contribution in [3.8, 4) is 5.75 Å². The summed E-state index contributed by atoms with van der Waals surface area (Å²) in [7, 11) is -6.15. The fourth-order valence-electron chi connectivity index (χ4n) is 3.17. The van der Waals surface area contributed by atoms with E-state index >= 15 is 0 Å². The van der Waals surface area contributed by atoms with Crippen LogP contribution in [0.5, 0.6) is 5.75 Å². The van der Waals surface area contributed by atoms with Gasteiger partial charge in [0.2, 0.25) is 10.0 Å². The van der Waals surface area contributed by atoms with Crippen LogP contribution in [0.2, 0.25) is 0 Å². The van der Waals surface area contributed by atoms with Crippen LogP contribution in [0.15, 0.2) is 38.8 Å². The minimum Gasteiger partial charge on any atom is -0.497 e. The number of rotatable bonds is 11. The van der Waals surface area contributed by atoms with Crippen molar-refractivity contribution >= 4 is 43.0 Å². The van der Waals surface area contributed by atoms with Crippen molar-refractivity contribution in [1.29, 1.82) is 0 Å². The lowest BCUT2D eigenvalue weighted by molar-refractivity contribution is 0.0529. The van der Waals surface area contributed by atoms with Crippen molar-refractivity contribution in [2.75, 3.05) is 33.5 Å². The van der Waals surface area contributed by atoms with Crippen LogP contribution in [0.1, 0.15) is 23.3 Å². The molecule has 1 aliphatic rings. The molecule has 1 aliphatic heterocycles. The maximum Gasteiger partial charge on any atom is 0.247 e. The Balaban J connectivity index is 1.84. The molecule has 0 aliphatic carbocycles. The summed E-state index contributed by atoms with van der Waals surface area (Å²) in [5, 5.41) is 3.95. The summed E-state index contributed by atoms with van der Waals surface area (Å²) in [6, 6.07) is 8.88. The molecule has 0 spiro atoms. The summed E-state index contributed by atoms with van der Waals surface area (Å²) in [6.45, 7) is 3.09. The highest BCUT2D eigenvalue weighted by molar-refractivity contribution is 8.01. The Morgan fingerprint density at radius 3 is 2.45 bits per heavy atom. The smallest absolute Gasteiger partial charge is 0.247 e. The van der Waals surface area contributed by atoms with Gasteiger partial charge in [0.1, 0.15) is 19.4 Å². The van der Waals surface area contributed by atoms with Gasteiger partial charge in [0.15, 0.2) is 9.84 Å². The van der Waals surface area contributed by atoms with E-state index in [1.807, 2.05) is 31.2 Å². The normalized spacial score (nSPS) is 20.0. The molecule has 2 N–H and O–H groups in total. The second kappa shape index (κ2) is 10.2. The Kier molecular flexibility index (Phi) is 8.05. The number of primary sulfonamides is 1. The van der Waals surface area contributed by atoms with Crippen LogP contribution < -0.4 is 9.88 Å². The number of thioether (sulfide) groups is 1. The Morgan fingerprint density at radius 2 is 1.84 bits per heavy atom. The van der Waals surface area contributed by atoms with Crippen molar-refractivity contribution in [1.82, 2.24) is 0 Å². The first kappa shape index (κ1) is 24.5. The molecule has 2 aromatic rings. The Hall–Kier alpha value is -1.15. The van der Waals surface area contributed by atoms with Crippen LogP contribution in [0, 0.1) is 0 Å². The Labute approximate surface area is 191 Å². The molecule has 0 bridgehead atoms. The average Bonchev–Trinajstić information content (AvgIpc) is 3.25. The molecule has 1 aromatic heterocycles. The van der Waals surface area contributed by atoms with Gasteiger partial charge in [-0.25, -0.2) is 22.0 Å². The van der Waals surface area contributed by atoms with Crippen molar-refractivity contribution in [2.24, 2.45) is 5.14 Å². The van der Waals surface area contributed by atoms with Crippen LogP contribution >= 0.6 is 23.1 Å². The second-order valence-corrected chi connectivity index (χ2v) is 13.1. The fraction of sp³-hybridized carbons (Fsp3) is 0.474. The molecular formula is C19H25NO7S4. The van der Waals surface area contributed by atoms with Gasteiger partial charge in [-0.2, -0.15) is 0 Å². The summed E-state index contributed by atoms with van der Waals surface area (Å²) in [6.07, 6.45) is 0. The standard InChI is InChI=1S/C19H25NO7S4/c1-3-26-8-9-27-11-16-18(28-12-13-4-6-14(25-2)7-5-13)15-10-17(31(20,23)24)29-19(15)30(16,21)22/h4-7,10,16,18H,3,8-9,11-12H2,1-2H3,(H2,20,23,24)/t16-,18+/m0/s1. The molecule has 172 valence electrons. The van der Waals surface area contributed by atoms with Gasteiger partial charge in [-0.05, 0) is 36.2 Å². The Bertz CT molecular complexity index is 1090. The third-order valence-corrected chi connectivity index (χ3v) is 11.6. The van der Waals surface area contributed by atoms with E-state index in [2.05, 4.69) is 0 Å². The molecule has 0 radical (unpaired) electrons. The number of ether oxygens (including phenoxy) is 3. The van der Waals surface area contributed by atoms with Gasteiger partial charge in [0, 0.05) is 12.4 Å². The summed E-state index contributed by atoms with van der Waals surface area (Å²) in [4.78, 5) is 0. The maximum atomic E-state index is 13.2. The molecule has 0 fully saturated rings. The number of thiophene rings is 1. The van der Waals surface area contributed by atoms with E-state index in [0.29, 0.717) is 35.9 Å². The summed E-state index contributed by atoms with van der Waals surface area (Å²) < 4.78 is 65.8. The molecule has 3 rings (SSSR count). The van der Waals surface area contributed by atoms with Crippen molar-refractivity contribution in [2.45, 2.75) is 31.6 Å². The first-order valence-corrected chi connectivity index (χ1v) is 14.4. The largest absolute Gasteiger partial charge is 0.497 e. The lowest BCUT2D eigenvalue weighted by Gasteiger charge is -2.19. The topological polar surface area (TPSA) is 122 Å². The highest BCUT2D eigenvalue weighted by Crippen LogP contribution is 2.51. The van der Waals surface area contributed by atoms with E-state index in [4.69, 9.17) is 19.3 Å². The predicted molar refractivity (Wildman–Crippen MR) is 121 cm³/mol. The number of nitrogens with two attached hydrogens (primary N) is 1. The molecular weight excluding hydrogens is 482 g/mol. The third kappa shape index (κ3) is 5.62. The van der Waals surface area contributed by atoms with Crippen LogP contribution in [-0.2, 0) is 35.1 Å². The van der Waals surface area contributed by atoms with E-state index in [1.54, 1.807) is 7.11 Å². The molecule has 2 heterocycles. The number of sulfonamides is 1. The predicted octanol–water partition coefficient (Wildman–Crippen LogP) is 2.59. The fourth-order valence-corrected chi connectivity index (χ4v) is 9.70. The molecule has 2 atom stereocenters. The first-order valence-electron chi connectivity index (χ1n) is 9.49. The quantitative estimate of drug-likeness (QED) is 0.461. The van der Waals surface area contributed by atoms with Gasteiger partial charge in [-0.1, -0.05) is 12.1 Å². The molecule has 12 heteroatoms. The second-order valence-electron chi connectivity index (χ2n) is 6.79. The Morgan fingerprint density at radius 1 is 1.16 bits per heavy atom. The summed E-state index contributed by atoms with van der Waals surface area (Å²) >= 11 is 2.14. The molecule has 31 heavy (non-hydrogen) atoms. The SMILES string of the molecule is CCOCCOC[C@H]1[C@H](SCc2ccc(OC)cc2)c2cc(S(N)(=O)=O)sc2S1(=O)=O. The lowest BCUT2D eigenvalue weighted by Crippen LogP contribution is -2.27. The number of methoxy groups -OCH3 is 1. The molecule has 8 nitrogen and oxygen atoms in total. The average molecular weight is 508 g/mol. The summed E-state index contributed by atoms with van der Waals surface area (Å²) in [5.74, 6) is 1.27. The number of hydrogen-bond acceptors (Lipinski definition) is 9. The first-order chi connectivity index (χ1) is 14.7. The van der Waals surface area contributed by atoms with Gasteiger partial charge in [0.25, 0.3) is 0 Å². The number of sulfone groups is 1. The van der Waals surface area contributed by atoms with Gasteiger partial charge in [0.05, 0.1) is 32.2 Å². The van der Waals surface area contributed by atoms with Gasteiger partial charge < -0.3 is 14.2 Å². The molecule has 1 aromatic carbocycles. The van der Waals surface area contributed by atoms with Crippen LogP contribution in [0.3, 0.4) is 0 Å². The number of hydrogen-bond donors (Lipinski definition) is 1. The van der Waals surface area contributed by atoms with Crippen LogP contribution in [-0.4, -0.2) is 55.6 Å². The minimum absolute atomic E-state index is 0.00178. The zero-order chi connectivity index (χ0) is 22.6. The maximum absolute atomic E-state index is 13.2. The monoisotopic (exact) mass is 507 g/mol. The zero-order valence-corrected chi connectivity index (χ0v) is 20.4. The zero-order valence-electron chi connectivity index (χ0n) is 17.1. The highest BCUT2D eigenvalue weighted by atomic mass is 32.3. The van der Waals surface area contributed by atoms with E-state index in [0.717, 1.165) is 11.3 Å². The highest BCUT2D eigenvalue weighted by Gasteiger charge is 2.47. The van der Waals surface area contributed by atoms with Crippen molar-refractivity contribution in [3.63, 3.8) is 0 Å². The van der Waals surface area contributed by atoms with E-state index in [9.17, 15) is 16.8 Å². The van der Waals surface area contributed by atoms with E-state index in [-0.39, 0.29) is 21.6 Å². The molecule has 0 saturated carbocycles. The van der Waals surface area contributed by atoms with Crippen molar-refractivity contribution < 1.29 is 31.0 Å². The minimum atomic E-state index is -3.99. The number of fused-ring (bicyclic) bond motifs is 1. The van der Waals surface area contributed by atoms with Gasteiger partial charge in [-0.3, -0.25) is 0 Å². The van der Waals surface area contributed by atoms with E-state index < -0.39 is 30.4 Å². The van der Waals surface area contributed by atoms with Crippen molar-refractivity contribution in [3.05, 3.63) is 41.5 Å². The molecule has 0 amide bonds. The van der Waals surface area contributed by atoms with Crippen LogP contribution in [0.4, 0.5) is 0 Å². The molecule has 0 saturated heterocycles. The lowest BCUT2D eigenvalue weighted by atomic mass is 10.2. The van der Waals surface area contributed by atoms with Gasteiger partial charge >= 0.3 is 0 Å². The summed E-state index contributed by atoms with van der Waals surface area (Å²) in [5.41, 5.74) is 1.47.